The van der Waals surface area contributed by atoms with E-state index in [1.165, 1.54) is 4.88 Å². The molecule has 0 saturated carbocycles. The molecule has 0 fully saturated rings. The molecule has 0 spiro atoms. The van der Waals surface area contributed by atoms with Gasteiger partial charge in [-0.05, 0) is 49.6 Å². The number of nitrogens with zero attached hydrogens (tertiary/aromatic N) is 1. The summed E-state index contributed by atoms with van der Waals surface area (Å²) in [6.07, 6.45) is 0. The lowest BCUT2D eigenvalue weighted by Crippen LogP contribution is -2.13. The van der Waals surface area contributed by atoms with Gasteiger partial charge in [0.05, 0.1) is 6.54 Å². The van der Waals surface area contributed by atoms with Crippen molar-refractivity contribution in [1.82, 2.24) is 4.57 Å². The van der Waals surface area contributed by atoms with Crippen molar-refractivity contribution in [3.63, 3.8) is 0 Å². The van der Waals surface area contributed by atoms with Crippen LogP contribution in [0.3, 0.4) is 0 Å². The number of halogens is 2. The predicted molar refractivity (Wildman–Crippen MR) is 104 cm³/mol. The van der Waals surface area contributed by atoms with Crippen molar-refractivity contribution in [2.75, 3.05) is 6.61 Å². The number of Topliss-reactive ketones (excluding diaryl/α,β-unsaturated/α-hetero) is 1. The highest BCUT2D eigenvalue weighted by atomic mass is 35.5. The summed E-state index contributed by atoms with van der Waals surface area (Å²) in [5.41, 5.74) is 2.69. The number of rotatable bonds is 6. The van der Waals surface area contributed by atoms with E-state index in [-0.39, 0.29) is 12.4 Å². The maximum atomic E-state index is 12.6. The van der Waals surface area contributed by atoms with E-state index < -0.39 is 0 Å². The van der Waals surface area contributed by atoms with E-state index in [0.29, 0.717) is 21.4 Å². The number of hydrogen-bond donors (Lipinski definition) is 0. The highest BCUT2D eigenvalue weighted by molar-refractivity contribution is 7.09. The SMILES string of the molecule is Cc1cc(C(=O)COc2cc(Cl)cc(Cl)c2)c(C)n1Cc1cccs1. The average Bonchev–Trinajstić information content (AvgIpc) is 3.15. The molecule has 25 heavy (non-hydrogen) atoms. The lowest BCUT2D eigenvalue weighted by atomic mass is 10.1. The van der Waals surface area contributed by atoms with Gasteiger partial charge in [0, 0.05) is 31.9 Å². The molecule has 0 saturated heterocycles. The molecule has 0 unspecified atom stereocenters. The topological polar surface area (TPSA) is 31.2 Å². The third-order valence-corrected chi connectivity index (χ3v) is 5.27. The summed E-state index contributed by atoms with van der Waals surface area (Å²) < 4.78 is 7.72. The minimum absolute atomic E-state index is 0.0556. The molecule has 0 aliphatic carbocycles. The molecule has 0 aliphatic heterocycles. The van der Waals surface area contributed by atoms with Crippen molar-refractivity contribution >= 4 is 40.3 Å². The zero-order valence-electron chi connectivity index (χ0n) is 13.9. The summed E-state index contributed by atoms with van der Waals surface area (Å²) in [6, 6.07) is 10.9. The van der Waals surface area contributed by atoms with Gasteiger partial charge < -0.3 is 9.30 Å². The van der Waals surface area contributed by atoms with E-state index >= 15 is 0 Å². The normalized spacial score (nSPS) is 10.9. The quantitative estimate of drug-likeness (QED) is 0.496. The smallest absolute Gasteiger partial charge is 0.202 e. The summed E-state index contributed by atoms with van der Waals surface area (Å²) >= 11 is 13.6. The van der Waals surface area contributed by atoms with E-state index in [0.717, 1.165) is 17.9 Å². The summed E-state index contributed by atoms with van der Waals surface area (Å²) in [4.78, 5) is 13.8. The fourth-order valence-electron chi connectivity index (χ4n) is 2.72. The van der Waals surface area contributed by atoms with Gasteiger partial charge in [0.15, 0.2) is 6.61 Å². The molecule has 0 radical (unpaired) electrons. The predicted octanol–water partition coefficient (Wildman–Crippen LogP) is 5.78. The number of aromatic nitrogens is 1. The molecule has 130 valence electrons. The van der Waals surface area contributed by atoms with E-state index in [1.54, 1.807) is 29.5 Å². The first-order chi connectivity index (χ1) is 11.9. The van der Waals surface area contributed by atoms with Gasteiger partial charge in [0.25, 0.3) is 0 Å². The monoisotopic (exact) mass is 393 g/mol. The first-order valence-electron chi connectivity index (χ1n) is 7.75. The number of ether oxygens (including phenoxy) is 1. The Bertz CT molecular complexity index is 880. The van der Waals surface area contributed by atoms with Crippen LogP contribution >= 0.6 is 34.5 Å². The van der Waals surface area contributed by atoms with Crippen LogP contribution in [0.15, 0.2) is 41.8 Å². The zero-order chi connectivity index (χ0) is 18.0. The molecule has 0 aliphatic rings. The van der Waals surface area contributed by atoms with E-state index in [1.807, 2.05) is 26.0 Å². The van der Waals surface area contributed by atoms with E-state index in [9.17, 15) is 4.79 Å². The van der Waals surface area contributed by atoms with E-state index in [2.05, 4.69) is 16.0 Å². The van der Waals surface area contributed by atoms with Crippen LogP contribution in [0.5, 0.6) is 5.75 Å². The highest BCUT2D eigenvalue weighted by Crippen LogP contribution is 2.25. The van der Waals surface area contributed by atoms with Gasteiger partial charge in [-0.1, -0.05) is 29.3 Å². The number of aryl methyl sites for hydroxylation is 1. The number of thiophene rings is 1. The Morgan fingerprint density at radius 2 is 1.88 bits per heavy atom. The Morgan fingerprint density at radius 1 is 1.16 bits per heavy atom. The molecule has 1 aromatic carbocycles. The molecule has 3 rings (SSSR count). The Hall–Kier alpha value is -1.75. The third kappa shape index (κ3) is 4.27. The molecular weight excluding hydrogens is 377 g/mol. The maximum Gasteiger partial charge on any atom is 0.202 e. The number of carbonyl (C=O) groups excluding carboxylic acids is 1. The third-order valence-electron chi connectivity index (χ3n) is 3.97. The Balaban J connectivity index is 1.74. The molecule has 0 N–H and O–H groups in total. The van der Waals surface area contributed by atoms with Gasteiger partial charge in [-0.3, -0.25) is 4.79 Å². The first-order valence-corrected chi connectivity index (χ1v) is 9.39. The lowest BCUT2D eigenvalue weighted by Gasteiger charge is -2.09. The molecule has 6 heteroatoms. The average molecular weight is 394 g/mol. The van der Waals surface area contributed by atoms with Crippen LogP contribution in [0, 0.1) is 13.8 Å². The van der Waals surface area contributed by atoms with Crippen molar-refractivity contribution in [3.8, 4) is 5.75 Å². The summed E-state index contributed by atoms with van der Waals surface area (Å²) in [7, 11) is 0. The van der Waals surface area contributed by atoms with E-state index in [4.69, 9.17) is 27.9 Å². The Morgan fingerprint density at radius 3 is 2.52 bits per heavy atom. The summed E-state index contributed by atoms with van der Waals surface area (Å²) in [6.45, 7) is 4.69. The maximum absolute atomic E-state index is 12.6. The summed E-state index contributed by atoms with van der Waals surface area (Å²) in [5.74, 6) is 0.417. The standard InChI is InChI=1S/C19H17Cl2NO2S/c1-12-6-18(13(2)22(12)10-17-4-3-5-25-17)19(23)11-24-16-8-14(20)7-15(21)9-16/h3-9H,10-11H2,1-2H3. The molecule has 0 bridgehead atoms. The largest absolute Gasteiger partial charge is 0.485 e. The lowest BCUT2D eigenvalue weighted by molar-refractivity contribution is 0.0921. The molecule has 3 nitrogen and oxygen atoms in total. The number of hydrogen-bond acceptors (Lipinski definition) is 3. The van der Waals surface area contributed by atoms with Crippen LogP contribution in [-0.2, 0) is 6.54 Å². The summed E-state index contributed by atoms with van der Waals surface area (Å²) in [5, 5.41) is 3.01. The van der Waals surface area contributed by atoms with Crippen LogP contribution in [0.25, 0.3) is 0 Å². The van der Waals surface area contributed by atoms with Crippen LogP contribution in [0.2, 0.25) is 10.0 Å². The molecular formula is C19H17Cl2NO2S. The van der Waals surface area contributed by atoms with Crippen molar-refractivity contribution in [2.45, 2.75) is 20.4 Å². The minimum atomic E-state index is -0.0679. The van der Waals surface area contributed by atoms with Gasteiger partial charge in [-0.15, -0.1) is 11.3 Å². The number of ketones is 1. The molecule has 0 amide bonds. The molecule has 0 atom stereocenters. The van der Waals surface area contributed by atoms with Crippen molar-refractivity contribution in [3.05, 3.63) is 73.7 Å². The zero-order valence-corrected chi connectivity index (χ0v) is 16.2. The van der Waals surface area contributed by atoms with Crippen LogP contribution in [0.4, 0.5) is 0 Å². The minimum Gasteiger partial charge on any atom is -0.485 e. The second kappa shape index (κ2) is 7.65. The number of carbonyl (C=O) groups is 1. The second-order valence-electron chi connectivity index (χ2n) is 5.77. The Labute approximate surface area is 160 Å². The number of benzene rings is 1. The van der Waals surface area contributed by atoms with Crippen molar-refractivity contribution < 1.29 is 9.53 Å². The van der Waals surface area contributed by atoms with Gasteiger partial charge in [0.1, 0.15) is 5.75 Å². The molecule has 3 aromatic rings. The van der Waals surface area contributed by atoms with Crippen molar-refractivity contribution in [2.24, 2.45) is 0 Å². The fraction of sp³-hybridized carbons (Fsp3) is 0.211. The van der Waals surface area contributed by atoms with Gasteiger partial charge in [-0.2, -0.15) is 0 Å². The second-order valence-corrected chi connectivity index (χ2v) is 7.67. The molecule has 2 heterocycles. The van der Waals surface area contributed by atoms with Crippen molar-refractivity contribution in [1.29, 1.82) is 0 Å². The first kappa shape index (κ1) is 18.1. The highest BCUT2D eigenvalue weighted by Gasteiger charge is 2.17. The fourth-order valence-corrected chi connectivity index (χ4v) is 3.92. The van der Waals surface area contributed by atoms with Crippen LogP contribution < -0.4 is 4.74 Å². The Kier molecular flexibility index (Phi) is 5.52. The van der Waals surface area contributed by atoms with Crippen LogP contribution in [-0.4, -0.2) is 17.0 Å². The van der Waals surface area contributed by atoms with Gasteiger partial charge >= 0.3 is 0 Å². The molecule has 2 aromatic heterocycles. The van der Waals surface area contributed by atoms with Gasteiger partial charge in [0.2, 0.25) is 5.78 Å². The van der Waals surface area contributed by atoms with Gasteiger partial charge in [-0.25, -0.2) is 0 Å². The van der Waals surface area contributed by atoms with Crippen LogP contribution in [0.1, 0.15) is 26.6 Å².